The molecule has 1 heteroatoms. The van der Waals surface area contributed by atoms with Crippen molar-refractivity contribution < 1.29 is 0 Å². The van der Waals surface area contributed by atoms with Gasteiger partial charge in [-0.2, -0.15) is 0 Å². The summed E-state index contributed by atoms with van der Waals surface area (Å²) in [6.45, 7) is 2.28. The summed E-state index contributed by atoms with van der Waals surface area (Å²) in [4.78, 5) is 0. The highest BCUT2D eigenvalue weighted by atomic mass is 127. The summed E-state index contributed by atoms with van der Waals surface area (Å²) in [5, 5.41) is 0. The van der Waals surface area contributed by atoms with E-state index in [4.69, 9.17) is 0 Å². The molecule has 0 unspecified atom stereocenters. The van der Waals surface area contributed by atoms with E-state index < -0.39 is 0 Å². The lowest BCUT2D eigenvalue weighted by molar-refractivity contribution is 0.999. The van der Waals surface area contributed by atoms with E-state index in [2.05, 4.69) is 90.2 Å². The number of allylic oxidation sites excluding steroid dienone is 1. The van der Waals surface area contributed by atoms with Crippen LogP contribution >= 0.6 is 22.6 Å². The van der Waals surface area contributed by atoms with Crippen molar-refractivity contribution in [2.24, 2.45) is 0 Å². The summed E-state index contributed by atoms with van der Waals surface area (Å²) in [6.07, 6.45) is 6.77. The molecule has 0 amide bonds. The summed E-state index contributed by atoms with van der Waals surface area (Å²) in [5.41, 5.74) is 8.41. The molecule has 0 radical (unpaired) electrons. The first kappa shape index (κ1) is 14.6. The van der Waals surface area contributed by atoms with Crippen LogP contribution in [0.4, 0.5) is 0 Å². The minimum atomic E-state index is 1.11. The fourth-order valence-electron chi connectivity index (χ4n) is 3.04. The van der Waals surface area contributed by atoms with Crippen molar-refractivity contribution in [3.05, 3.63) is 76.4 Å². The molecule has 0 N–H and O–H groups in total. The van der Waals surface area contributed by atoms with Crippen molar-refractivity contribution in [1.82, 2.24) is 0 Å². The first-order chi connectivity index (χ1) is 10.3. The van der Waals surface area contributed by atoms with Gasteiger partial charge in [-0.25, -0.2) is 0 Å². The van der Waals surface area contributed by atoms with Gasteiger partial charge in [0.25, 0.3) is 0 Å². The Kier molecular flexibility index (Phi) is 4.59. The zero-order valence-corrected chi connectivity index (χ0v) is 14.4. The third-order valence-corrected chi connectivity index (χ3v) is 4.62. The van der Waals surface area contributed by atoms with E-state index in [1.165, 1.54) is 32.3 Å². The van der Waals surface area contributed by atoms with Gasteiger partial charge in [0.2, 0.25) is 0 Å². The highest BCUT2D eigenvalue weighted by molar-refractivity contribution is 14.1. The van der Waals surface area contributed by atoms with E-state index in [0.29, 0.717) is 0 Å². The Labute approximate surface area is 140 Å². The molecule has 0 heterocycles. The standard InChI is InChI=1S/C20H19I/c1-2-15(13-14-21)20-18-9-5-3-7-16(18)11-12-17-8-4-6-10-19(17)20/h3-12H,2,13-14H2,1H3. The third-order valence-electron chi connectivity index (χ3n) is 4.08. The molecule has 0 fully saturated rings. The van der Waals surface area contributed by atoms with Crippen molar-refractivity contribution in [1.29, 1.82) is 0 Å². The molecular weight excluding hydrogens is 367 g/mol. The maximum Gasteiger partial charge on any atom is 0.00329 e. The van der Waals surface area contributed by atoms with Crippen LogP contribution in [0.3, 0.4) is 0 Å². The van der Waals surface area contributed by atoms with E-state index >= 15 is 0 Å². The van der Waals surface area contributed by atoms with Crippen LogP contribution in [0.5, 0.6) is 0 Å². The molecule has 21 heavy (non-hydrogen) atoms. The van der Waals surface area contributed by atoms with Crippen LogP contribution in [0.25, 0.3) is 17.7 Å². The molecule has 0 saturated heterocycles. The fraction of sp³-hybridized carbons (Fsp3) is 0.200. The largest absolute Gasteiger partial charge is 0.0860 e. The summed E-state index contributed by atoms with van der Waals surface area (Å²) in [7, 11) is 0. The number of fused-ring (bicyclic) bond motifs is 2. The Morgan fingerprint density at radius 2 is 1.38 bits per heavy atom. The van der Waals surface area contributed by atoms with Gasteiger partial charge in [-0.3, -0.25) is 0 Å². The third kappa shape index (κ3) is 2.84. The monoisotopic (exact) mass is 386 g/mol. The first-order valence-electron chi connectivity index (χ1n) is 7.50. The Balaban J connectivity index is 2.33. The maximum atomic E-state index is 2.48. The van der Waals surface area contributed by atoms with E-state index in [1.54, 1.807) is 5.57 Å². The van der Waals surface area contributed by atoms with Crippen LogP contribution in [-0.4, -0.2) is 4.43 Å². The van der Waals surface area contributed by atoms with Crippen molar-refractivity contribution >= 4 is 40.3 Å². The van der Waals surface area contributed by atoms with E-state index in [-0.39, 0.29) is 0 Å². The average Bonchev–Trinajstić information content (AvgIpc) is 2.70. The second-order valence-corrected chi connectivity index (χ2v) is 6.36. The molecular formula is C20H19I. The van der Waals surface area contributed by atoms with Crippen LogP contribution < -0.4 is 0 Å². The number of alkyl halides is 1. The zero-order chi connectivity index (χ0) is 14.7. The van der Waals surface area contributed by atoms with Crippen LogP contribution in [0.2, 0.25) is 0 Å². The van der Waals surface area contributed by atoms with Gasteiger partial charge in [-0.05, 0) is 40.7 Å². The maximum absolute atomic E-state index is 2.48. The minimum absolute atomic E-state index is 1.11. The second kappa shape index (κ2) is 6.61. The van der Waals surface area contributed by atoms with Gasteiger partial charge < -0.3 is 0 Å². The smallest absolute Gasteiger partial charge is 0.00329 e. The van der Waals surface area contributed by atoms with Crippen LogP contribution in [0.1, 0.15) is 42.0 Å². The van der Waals surface area contributed by atoms with Gasteiger partial charge in [0.1, 0.15) is 0 Å². The molecule has 3 rings (SSSR count). The molecule has 0 saturated carbocycles. The van der Waals surface area contributed by atoms with Gasteiger partial charge in [-0.15, -0.1) is 0 Å². The zero-order valence-electron chi connectivity index (χ0n) is 12.3. The summed E-state index contributed by atoms with van der Waals surface area (Å²) in [6, 6.07) is 17.5. The Bertz CT molecular complexity index is 656. The van der Waals surface area contributed by atoms with E-state index in [0.717, 1.165) is 12.8 Å². The number of benzene rings is 2. The van der Waals surface area contributed by atoms with Gasteiger partial charge in [0, 0.05) is 4.43 Å². The van der Waals surface area contributed by atoms with Crippen molar-refractivity contribution in [3.8, 4) is 0 Å². The number of rotatable bonds is 3. The van der Waals surface area contributed by atoms with Gasteiger partial charge >= 0.3 is 0 Å². The quantitative estimate of drug-likeness (QED) is 0.371. The molecule has 0 aliphatic heterocycles. The average molecular weight is 386 g/mol. The molecule has 0 aromatic heterocycles. The molecule has 2 aromatic rings. The van der Waals surface area contributed by atoms with Crippen LogP contribution in [-0.2, 0) is 0 Å². The minimum Gasteiger partial charge on any atom is -0.0860 e. The van der Waals surface area contributed by atoms with E-state index in [9.17, 15) is 0 Å². The highest BCUT2D eigenvalue weighted by Gasteiger charge is 2.17. The van der Waals surface area contributed by atoms with Gasteiger partial charge in [-0.1, -0.05) is 95.8 Å². The first-order valence-corrected chi connectivity index (χ1v) is 9.02. The lowest BCUT2D eigenvalue weighted by atomic mass is 9.88. The van der Waals surface area contributed by atoms with Crippen LogP contribution in [0, 0.1) is 0 Å². The van der Waals surface area contributed by atoms with Crippen molar-refractivity contribution in [3.63, 3.8) is 0 Å². The lowest BCUT2D eigenvalue weighted by Gasteiger charge is -2.17. The molecule has 1 aliphatic rings. The fourth-order valence-corrected chi connectivity index (χ4v) is 3.69. The summed E-state index contributed by atoms with van der Waals surface area (Å²) < 4.78 is 1.17. The molecule has 1 aliphatic carbocycles. The Morgan fingerprint density at radius 3 is 1.86 bits per heavy atom. The topological polar surface area (TPSA) is 0 Å². The second-order valence-electron chi connectivity index (χ2n) is 5.28. The molecule has 2 aromatic carbocycles. The molecule has 106 valence electrons. The summed E-state index contributed by atoms with van der Waals surface area (Å²) >= 11 is 2.48. The number of hydrogen-bond donors (Lipinski definition) is 0. The lowest BCUT2D eigenvalue weighted by Crippen LogP contribution is -1.98. The van der Waals surface area contributed by atoms with E-state index in [1.807, 2.05) is 0 Å². The van der Waals surface area contributed by atoms with Crippen LogP contribution in [0.15, 0.2) is 54.1 Å². The highest BCUT2D eigenvalue weighted by Crippen LogP contribution is 2.37. The Hall–Kier alpha value is -1.35. The predicted molar refractivity (Wildman–Crippen MR) is 102 cm³/mol. The predicted octanol–water partition coefficient (Wildman–Crippen LogP) is 6.21. The normalized spacial score (nSPS) is 12.6. The Morgan fingerprint density at radius 1 is 0.857 bits per heavy atom. The molecule has 0 atom stereocenters. The van der Waals surface area contributed by atoms with Crippen molar-refractivity contribution in [2.75, 3.05) is 4.43 Å². The van der Waals surface area contributed by atoms with Crippen molar-refractivity contribution in [2.45, 2.75) is 19.8 Å². The number of halogens is 1. The number of hydrogen-bond acceptors (Lipinski definition) is 0. The SMILES string of the molecule is CCC(CCI)=C1c2ccccc2C=Cc2ccccc21. The summed E-state index contributed by atoms with van der Waals surface area (Å²) in [5.74, 6) is 0. The molecule has 0 nitrogen and oxygen atoms in total. The molecule has 0 spiro atoms. The molecule has 0 bridgehead atoms. The van der Waals surface area contributed by atoms with Gasteiger partial charge in [0.05, 0.1) is 0 Å². The van der Waals surface area contributed by atoms with Gasteiger partial charge in [0.15, 0.2) is 0 Å².